The lowest BCUT2D eigenvalue weighted by molar-refractivity contribution is -0.141. The van der Waals surface area contributed by atoms with Crippen molar-refractivity contribution in [1.29, 1.82) is 0 Å². The Morgan fingerprint density at radius 3 is 2.30 bits per heavy atom. The molecule has 0 aliphatic carbocycles. The molecule has 0 spiro atoms. The van der Waals surface area contributed by atoms with Crippen molar-refractivity contribution in [3.8, 4) is 0 Å². The molecule has 20 heavy (non-hydrogen) atoms. The van der Waals surface area contributed by atoms with Crippen molar-refractivity contribution < 1.29 is 4.79 Å². The monoisotopic (exact) mass is 325 g/mol. The zero-order valence-corrected chi connectivity index (χ0v) is 14.2. The lowest BCUT2D eigenvalue weighted by Crippen LogP contribution is -2.52. The van der Waals surface area contributed by atoms with Crippen LogP contribution in [0.5, 0.6) is 0 Å². The Kier molecular flexibility index (Phi) is 9.07. The van der Waals surface area contributed by atoms with E-state index in [9.17, 15) is 4.79 Å². The minimum Gasteiger partial charge on any atom is -0.338 e. The second-order valence-electron chi connectivity index (χ2n) is 6.13. The number of amides is 1. The summed E-state index contributed by atoms with van der Waals surface area (Å²) in [6.45, 7) is 5.89. The van der Waals surface area contributed by atoms with Gasteiger partial charge >= 0.3 is 0 Å². The van der Waals surface area contributed by atoms with Gasteiger partial charge in [0.15, 0.2) is 0 Å². The summed E-state index contributed by atoms with van der Waals surface area (Å²) in [5.41, 5.74) is 5.84. The summed E-state index contributed by atoms with van der Waals surface area (Å²) in [4.78, 5) is 17.0. The molecule has 0 saturated carbocycles. The Balaban J connectivity index is 0.00000180. The molecule has 0 aromatic rings. The first-order valence-corrected chi connectivity index (χ1v) is 7.31. The van der Waals surface area contributed by atoms with Gasteiger partial charge in [-0.3, -0.25) is 4.79 Å². The first-order valence-electron chi connectivity index (χ1n) is 7.31. The Hall–Kier alpha value is -0.0300. The number of likely N-dealkylation sites (tertiary alicyclic amines) is 2. The molecule has 2 rings (SSSR count). The van der Waals surface area contributed by atoms with Gasteiger partial charge in [-0.05, 0) is 51.7 Å². The molecule has 2 aliphatic heterocycles. The normalized spacial score (nSPS) is 28.4. The third kappa shape index (κ3) is 4.76. The number of halogens is 2. The van der Waals surface area contributed by atoms with Crippen molar-refractivity contribution in [3.63, 3.8) is 0 Å². The van der Waals surface area contributed by atoms with Crippen LogP contribution >= 0.6 is 24.8 Å². The molecule has 120 valence electrons. The fourth-order valence-corrected chi connectivity index (χ4v) is 3.26. The third-order valence-corrected chi connectivity index (χ3v) is 4.60. The minimum atomic E-state index is 0. The van der Waals surface area contributed by atoms with E-state index in [1.54, 1.807) is 0 Å². The molecule has 2 fully saturated rings. The van der Waals surface area contributed by atoms with Gasteiger partial charge in [-0.15, -0.1) is 24.8 Å². The zero-order valence-electron chi connectivity index (χ0n) is 12.6. The summed E-state index contributed by atoms with van der Waals surface area (Å²) >= 11 is 0. The molecule has 2 aliphatic rings. The topological polar surface area (TPSA) is 49.6 Å². The maximum atomic E-state index is 12.6. The van der Waals surface area contributed by atoms with Crippen molar-refractivity contribution in [2.24, 2.45) is 17.6 Å². The highest BCUT2D eigenvalue weighted by molar-refractivity contribution is 5.85. The van der Waals surface area contributed by atoms with E-state index in [0.29, 0.717) is 18.4 Å². The third-order valence-electron chi connectivity index (χ3n) is 4.60. The number of nitrogens with zero attached hydrogens (tertiary/aromatic N) is 2. The maximum absolute atomic E-state index is 12.6. The molecule has 0 radical (unpaired) electrons. The fraction of sp³-hybridized carbons (Fsp3) is 0.929. The van der Waals surface area contributed by atoms with Crippen molar-refractivity contribution >= 4 is 30.7 Å². The molecule has 2 unspecified atom stereocenters. The standard InChI is InChI=1S/C14H27N3O.2ClH/c1-11-3-8-17(13(9-11)10-15)14(18)12-4-6-16(2)7-5-12;;/h11-13H,3-10,15H2,1-2H3;2*1H. The quantitative estimate of drug-likeness (QED) is 0.841. The fourth-order valence-electron chi connectivity index (χ4n) is 3.26. The van der Waals surface area contributed by atoms with E-state index in [1.165, 1.54) is 0 Å². The van der Waals surface area contributed by atoms with Crippen LogP contribution in [-0.4, -0.2) is 55.0 Å². The highest BCUT2D eigenvalue weighted by Gasteiger charge is 2.33. The van der Waals surface area contributed by atoms with Gasteiger partial charge in [-0.2, -0.15) is 0 Å². The number of hydrogen-bond acceptors (Lipinski definition) is 3. The maximum Gasteiger partial charge on any atom is 0.226 e. The van der Waals surface area contributed by atoms with Gasteiger partial charge in [0.1, 0.15) is 0 Å². The van der Waals surface area contributed by atoms with Crippen LogP contribution in [0.3, 0.4) is 0 Å². The molecule has 2 heterocycles. The Morgan fingerprint density at radius 1 is 1.15 bits per heavy atom. The van der Waals surface area contributed by atoms with E-state index in [2.05, 4.69) is 23.8 Å². The van der Waals surface area contributed by atoms with Crippen LogP contribution in [0.25, 0.3) is 0 Å². The van der Waals surface area contributed by atoms with Crippen LogP contribution in [0, 0.1) is 11.8 Å². The first-order chi connectivity index (χ1) is 8.61. The van der Waals surface area contributed by atoms with E-state index < -0.39 is 0 Å². The number of piperidine rings is 2. The van der Waals surface area contributed by atoms with Gasteiger partial charge in [0.2, 0.25) is 5.91 Å². The number of rotatable bonds is 2. The van der Waals surface area contributed by atoms with Crippen molar-refractivity contribution in [2.75, 3.05) is 33.2 Å². The number of carbonyl (C=O) groups is 1. The molecule has 2 atom stereocenters. The number of hydrogen-bond donors (Lipinski definition) is 1. The molecule has 0 aromatic heterocycles. The summed E-state index contributed by atoms with van der Waals surface area (Å²) in [6, 6.07) is 0.279. The minimum absolute atomic E-state index is 0. The molecule has 0 aromatic carbocycles. The molecule has 1 amide bonds. The van der Waals surface area contributed by atoms with E-state index in [-0.39, 0.29) is 36.8 Å². The average molecular weight is 326 g/mol. The molecular weight excluding hydrogens is 297 g/mol. The van der Waals surface area contributed by atoms with Gasteiger partial charge in [-0.1, -0.05) is 6.92 Å². The largest absolute Gasteiger partial charge is 0.338 e. The average Bonchev–Trinajstić information content (AvgIpc) is 2.38. The predicted molar refractivity (Wildman–Crippen MR) is 87.7 cm³/mol. The smallest absolute Gasteiger partial charge is 0.226 e. The molecule has 2 N–H and O–H groups in total. The van der Waals surface area contributed by atoms with E-state index >= 15 is 0 Å². The molecule has 0 bridgehead atoms. The van der Waals surface area contributed by atoms with Crippen LogP contribution in [0.2, 0.25) is 0 Å². The molecule has 6 heteroatoms. The summed E-state index contributed by atoms with van der Waals surface area (Å²) in [7, 11) is 2.13. The highest BCUT2D eigenvalue weighted by Crippen LogP contribution is 2.26. The van der Waals surface area contributed by atoms with E-state index in [0.717, 1.165) is 45.3 Å². The first kappa shape index (κ1) is 20.0. The summed E-state index contributed by atoms with van der Waals surface area (Å²) in [6.07, 6.45) is 4.24. The summed E-state index contributed by atoms with van der Waals surface area (Å²) < 4.78 is 0. The zero-order chi connectivity index (χ0) is 13.1. The summed E-state index contributed by atoms with van der Waals surface area (Å²) in [5.74, 6) is 1.31. The van der Waals surface area contributed by atoms with E-state index in [4.69, 9.17) is 5.73 Å². The molecule has 4 nitrogen and oxygen atoms in total. The van der Waals surface area contributed by atoms with Crippen molar-refractivity contribution in [1.82, 2.24) is 9.80 Å². The van der Waals surface area contributed by atoms with Crippen LogP contribution in [0.4, 0.5) is 0 Å². The number of nitrogens with two attached hydrogens (primary N) is 1. The van der Waals surface area contributed by atoms with E-state index in [1.807, 2.05) is 0 Å². The number of carbonyl (C=O) groups excluding carboxylic acids is 1. The van der Waals surface area contributed by atoms with Crippen LogP contribution < -0.4 is 5.73 Å². The second kappa shape index (κ2) is 9.08. The lowest BCUT2D eigenvalue weighted by atomic mass is 9.89. The Labute approximate surface area is 135 Å². The van der Waals surface area contributed by atoms with Crippen LogP contribution in [0.15, 0.2) is 0 Å². The van der Waals surface area contributed by atoms with Gasteiger partial charge in [0.05, 0.1) is 0 Å². The Morgan fingerprint density at radius 2 is 1.75 bits per heavy atom. The highest BCUT2D eigenvalue weighted by atomic mass is 35.5. The van der Waals surface area contributed by atoms with Crippen LogP contribution in [-0.2, 0) is 4.79 Å². The predicted octanol–water partition coefficient (Wildman–Crippen LogP) is 1.76. The Bertz CT molecular complexity index is 296. The summed E-state index contributed by atoms with van der Waals surface area (Å²) in [5, 5.41) is 0. The molecular formula is C14H29Cl2N3O. The second-order valence-corrected chi connectivity index (χ2v) is 6.13. The van der Waals surface area contributed by atoms with Crippen LogP contribution in [0.1, 0.15) is 32.6 Å². The van der Waals surface area contributed by atoms with Gasteiger partial charge in [0.25, 0.3) is 0 Å². The van der Waals surface area contributed by atoms with Gasteiger partial charge < -0.3 is 15.5 Å². The van der Waals surface area contributed by atoms with Crippen molar-refractivity contribution in [2.45, 2.75) is 38.6 Å². The van der Waals surface area contributed by atoms with Gasteiger partial charge in [-0.25, -0.2) is 0 Å². The SMILES string of the molecule is CC1CCN(C(=O)C2CCN(C)CC2)C(CN)C1.Cl.Cl. The van der Waals surface area contributed by atoms with Crippen molar-refractivity contribution in [3.05, 3.63) is 0 Å². The molecule has 2 saturated heterocycles. The lowest BCUT2D eigenvalue weighted by Gasteiger charge is -2.41. The van der Waals surface area contributed by atoms with Gasteiger partial charge in [0, 0.05) is 25.0 Å².